The van der Waals surface area contributed by atoms with Crippen LogP contribution >= 0.6 is 0 Å². The molecule has 1 aliphatic carbocycles. The number of likely N-dealkylation sites (N-methyl/N-ethyl adjacent to an activating group) is 1. The minimum Gasteiger partial charge on any atom is -0.369 e. The average Bonchev–Trinajstić information content (AvgIpc) is 2.38. The Morgan fingerprint density at radius 2 is 1.85 bits per heavy atom. The first kappa shape index (κ1) is 15.0. The van der Waals surface area contributed by atoms with Crippen LogP contribution in [0.3, 0.4) is 0 Å². The van der Waals surface area contributed by atoms with E-state index < -0.39 is 0 Å². The van der Waals surface area contributed by atoms with E-state index in [-0.39, 0.29) is 0 Å². The number of anilines is 2. The van der Waals surface area contributed by atoms with Gasteiger partial charge in [0.1, 0.15) is 17.5 Å². The van der Waals surface area contributed by atoms with Crippen molar-refractivity contribution in [1.82, 2.24) is 14.9 Å². The molecule has 1 aliphatic rings. The van der Waals surface area contributed by atoms with Crippen LogP contribution in [-0.2, 0) is 0 Å². The van der Waals surface area contributed by atoms with Gasteiger partial charge in [-0.05, 0) is 33.9 Å². The van der Waals surface area contributed by atoms with Gasteiger partial charge in [0.15, 0.2) is 0 Å². The lowest BCUT2D eigenvalue weighted by Gasteiger charge is -2.23. The molecule has 1 heterocycles. The zero-order valence-electron chi connectivity index (χ0n) is 12.9. The highest BCUT2D eigenvalue weighted by Crippen LogP contribution is 2.21. The molecule has 0 aliphatic heterocycles. The lowest BCUT2D eigenvalue weighted by atomic mass is 9.95. The Hall–Kier alpha value is -1.36. The minimum absolute atomic E-state index is 0.577. The van der Waals surface area contributed by atoms with Crippen molar-refractivity contribution in [3.63, 3.8) is 0 Å². The number of rotatable bonds is 6. The fraction of sp³-hybridized carbons (Fsp3) is 0.733. The van der Waals surface area contributed by atoms with Gasteiger partial charge < -0.3 is 15.5 Å². The van der Waals surface area contributed by atoms with Crippen molar-refractivity contribution >= 4 is 11.6 Å². The number of hydrogen-bond donors (Lipinski definition) is 2. The molecule has 0 radical (unpaired) electrons. The number of aromatic nitrogens is 2. The van der Waals surface area contributed by atoms with Crippen molar-refractivity contribution in [1.29, 1.82) is 0 Å². The van der Waals surface area contributed by atoms with Crippen LogP contribution < -0.4 is 10.6 Å². The number of aryl methyl sites for hydroxylation is 1. The third-order valence-electron chi connectivity index (χ3n) is 3.66. The first-order valence-corrected chi connectivity index (χ1v) is 7.64. The Morgan fingerprint density at radius 3 is 2.55 bits per heavy atom. The van der Waals surface area contributed by atoms with E-state index >= 15 is 0 Å². The number of nitrogens with one attached hydrogen (secondary N) is 2. The van der Waals surface area contributed by atoms with Gasteiger partial charge in [-0.2, -0.15) is 0 Å². The van der Waals surface area contributed by atoms with Crippen LogP contribution in [0.4, 0.5) is 11.6 Å². The van der Waals surface area contributed by atoms with E-state index in [4.69, 9.17) is 0 Å². The summed E-state index contributed by atoms with van der Waals surface area (Å²) >= 11 is 0. The number of hydrogen-bond acceptors (Lipinski definition) is 5. The Morgan fingerprint density at radius 1 is 1.15 bits per heavy atom. The van der Waals surface area contributed by atoms with Gasteiger partial charge in [0.05, 0.1) is 0 Å². The molecule has 0 aromatic carbocycles. The molecule has 20 heavy (non-hydrogen) atoms. The molecule has 1 fully saturated rings. The van der Waals surface area contributed by atoms with Gasteiger partial charge in [-0.3, -0.25) is 0 Å². The molecule has 1 aromatic heterocycles. The highest BCUT2D eigenvalue weighted by Gasteiger charge is 2.14. The summed E-state index contributed by atoms with van der Waals surface area (Å²) in [6, 6.07) is 2.60. The van der Waals surface area contributed by atoms with Gasteiger partial charge in [0.25, 0.3) is 0 Å². The van der Waals surface area contributed by atoms with Crippen molar-refractivity contribution < 1.29 is 0 Å². The first-order chi connectivity index (χ1) is 9.63. The zero-order chi connectivity index (χ0) is 14.4. The van der Waals surface area contributed by atoms with E-state index in [1.165, 1.54) is 32.1 Å². The second-order valence-electron chi connectivity index (χ2n) is 5.89. The monoisotopic (exact) mass is 277 g/mol. The van der Waals surface area contributed by atoms with Gasteiger partial charge in [-0.1, -0.05) is 19.3 Å². The van der Waals surface area contributed by atoms with E-state index in [1.54, 1.807) is 0 Å². The predicted octanol–water partition coefficient (Wildman–Crippen LogP) is 2.50. The van der Waals surface area contributed by atoms with E-state index in [0.29, 0.717) is 6.04 Å². The van der Waals surface area contributed by atoms with Crippen LogP contribution in [0, 0.1) is 6.92 Å². The van der Waals surface area contributed by atoms with E-state index in [2.05, 4.69) is 39.6 Å². The summed E-state index contributed by atoms with van der Waals surface area (Å²) in [7, 11) is 4.14. The second-order valence-corrected chi connectivity index (χ2v) is 5.89. The zero-order valence-corrected chi connectivity index (χ0v) is 12.9. The summed E-state index contributed by atoms with van der Waals surface area (Å²) in [4.78, 5) is 11.1. The summed E-state index contributed by atoms with van der Waals surface area (Å²) < 4.78 is 0. The van der Waals surface area contributed by atoms with Gasteiger partial charge >= 0.3 is 0 Å². The predicted molar refractivity (Wildman–Crippen MR) is 84.3 cm³/mol. The molecule has 0 spiro atoms. The van der Waals surface area contributed by atoms with Crippen LogP contribution in [0.2, 0.25) is 0 Å². The molecule has 2 rings (SSSR count). The third kappa shape index (κ3) is 4.96. The lowest BCUT2D eigenvalue weighted by molar-refractivity contribution is 0.425. The largest absolute Gasteiger partial charge is 0.369 e. The topological polar surface area (TPSA) is 53.1 Å². The maximum Gasteiger partial charge on any atom is 0.132 e. The van der Waals surface area contributed by atoms with Gasteiger partial charge in [0, 0.05) is 25.2 Å². The summed E-state index contributed by atoms with van der Waals surface area (Å²) in [5.74, 6) is 2.69. The minimum atomic E-state index is 0.577. The van der Waals surface area contributed by atoms with Crippen LogP contribution in [0.5, 0.6) is 0 Å². The molecule has 1 saturated carbocycles. The molecule has 0 saturated heterocycles. The average molecular weight is 277 g/mol. The highest BCUT2D eigenvalue weighted by molar-refractivity contribution is 5.48. The normalized spacial score (nSPS) is 16.4. The molecule has 0 bridgehead atoms. The quantitative estimate of drug-likeness (QED) is 0.837. The van der Waals surface area contributed by atoms with E-state index in [9.17, 15) is 0 Å². The fourth-order valence-corrected chi connectivity index (χ4v) is 2.60. The summed E-state index contributed by atoms with van der Waals surface area (Å²) in [5, 5.41) is 6.92. The number of nitrogens with zero attached hydrogens (tertiary/aromatic N) is 3. The molecule has 0 amide bonds. The maximum absolute atomic E-state index is 4.50. The molecule has 0 unspecified atom stereocenters. The van der Waals surface area contributed by atoms with Crippen molar-refractivity contribution in [2.45, 2.75) is 45.1 Å². The van der Waals surface area contributed by atoms with Gasteiger partial charge in [0.2, 0.25) is 0 Å². The van der Waals surface area contributed by atoms with Crippen LogP contribution in [0.25, 0.3) is 0 Å². The molecular formula is C15H27N5. The molecular weight excluding hydrogens is 250 g/mol. The smallest absolute Gasteiger partial charge is 0.132 e. The first-order valence-electron chi connectivity index (χ1n) is 7.64. The molecule has 2 N–H and O–H groups in total. The van der Waals surface area contributed by atoms with E-state index in [1.807, 2.05) is 13.0 Å². The second kappa shape index (κ2) is 7.43. The van der Waals surface area contributed by atoms with Crippen LogP contribution in [0.15, 0.2) is 6.07 Å². The lowest BCUT2D eigenvalue weighted by Crippen LogP contribution is -2.24. The van der Waals surface area contributed by atoms with Crippen LogP contribution in [0.1, 0.15) is 37.9 Å². The Labute approximate surface area is 122 Å². The van der Waals surface area contributed by atoms with Gasteiger partial charge in [-0.15, -0.1) is 0 Å². The molecule has 112 valence electrons. The van der Waals surface area contributed by atoms with Crippen LogP contribution in [-0.4, -0.2) is 48.1 Å². The summed E-state index contributed by atoms with van der Waals surface area (Å²) in [6.07, 6.45) is 6.54. The third-order valence-corrected chi connectivity index (χ3v) is 3.66. The van der Waals surface area contributed by atoms with Crippen molar-refractivity contribution in [2.24, 2.45) is 0 Å². The Bertz CT molecular complexity index is 413. The maximum atomic E-state index is 4.50. The molecule has 0 atom stereocenters. The van der Waals surface area contributed by atoms with E-state index in [0.717, 1.165) is 30.5 Å². The van der Waals surface area contributed by atoms with Gasteiger partial charge in [-0.25, -0.2) is 9.97 Å². The molecule has 5 heteroatoms. The summed E-state index contributed by atoms with van der Waals surface area (Å²) in [5.41, 5.74) is 0. The molecule has 1 aromatic rings. The Balaban J connectivity index is 1.93. The fourth-order valence-electron chi connectivity index (χ4n) is 2.60. The highest BCUT2D eigenvalue weighted by atomic mass is 15.1. The SMILES string of the molecule is Cc1nc(NCCN(C)C)cc(NC2CCCCC2)n1. The van der Waals surface area contributed by atoms with Crippen molar-refractivity contribution in [2.75, 3.05) is 37.8 Å². The van der Waals surface area contributed by atoms with Crippen molar-refractivity contribution in [3.05, 3.63) is 11.9 Å². The standard InChI is InChI=1S/C15H27N5/c1-12-17-14(16-9-10-20(2)3)11-15(18-12)19-13-7-5-4-6-8-13/h11,13H,4-10H2,1-3H3,(H2,16,17,18,19). The Kier molecular flexibility index (Phi) is 5.59. The molecule has 5 nitrogen and oxygen atoms in total. The van der Waals surface area contributed by atoms with Crippen molar-refractivity contribution in [3.8, 4) is 0 Å². The summed E-state index contributed by atoms with van der Waals surface area (Å²) in [6.45, 7) is 3.84.